The molecule has 0 aliphatic carbocycles. The lowest BCUT2D eigenvalue weighted by molar-refractivity contribution is 0.102. The number of amides is 1. The first-order valence-electron chi connectivity index (χ1n) is 10.3. The topological polar surface area (TPSA) is 63.2 Å². The van der Waals surface area contributed by atoms with E-state index < -0.39 is 0 Å². The molecule has 1 amide bonds. The molecule has 0 aliphatic heterocycles. The molecule has 0 unspecified atom stereocenters. The van der Waals surface area contributed by atoms with Gasteiger partial charge < -0.3 is 15.4 Å². The van der Waals surface area contributed by atoms with E-state index in [0.29, 0.717) is 5.56 Å². The van der Waals surface area contributed by atoms with Crippen molar-refractivity contribution in [2.75, 3.05) is 17.7 Å². The maximum atomic E-state index is 12.9. The van der Waals surface area contributed by atoms with Gasteiger partial charge >= 0.3 is 0 Å². The van der Waals surface area contributed by atoms with Gasteiger partial charge in [-0.05, 0) is 61.9 Å². The van der Waals surface area contributed by atoms with E-state index in [0.717, 1.165) is 38.3 Å². The van der Waals surface area contributed by atoms with Gasteiger partial charge in [0.25, 0.3) is 5.91 Å². The SMILES string of the molecule is COc1ccc([C@@H](Nc2cccc(C)n2)c2cc(C)sc2NC(=O)c2ccccc2)cc1. The molecule has 2 aromatic heterocycles. The number of pyridine rings is 1. The Morgan fingerprint density at radius 2 is 1.72 bits per heavy atom. The Bertz CT molecular complexity index is 1200. The summed E-state index contributed by atoms with van der Waals surface area (Å²) >= 11 is 1.56. The highest BCUT2D eigenvalue weighted by Gasteiger charge is 2.22. The molecule has 0 aliphatic rings. The number of ether oxygens (including phenoxy) is 1. The molecule has 4 aromatic rings. The van der Waals surface area contributed by atoms with Crippen molar-refractivity contribution < 1.29 is 9.53 Å². The maximum absolute atomic E-state index is 12.9. The molecule has 1 atom stereocenters. The molecular weight excluding hydrogens is 418 g/mol. The lowest BCUT2D eigenvalue weighted by Crippen LogP contribution is -2.17. The van der Waals surface area contributed by atoms with Crippen LogP contribution in [0.2, 0.25) is 0 Å². The Morgan fingerprint density at radius 1 is 0.969 bits per heavy atom. The molecule has 0 bridgehead atoms. The number of aromatic nitrogens is 1. The fourth-order valence-corrected chi connectivity index (χ4v) is 4.47. The first-order valence-corrected chi connectivity index (χ1v) is 11.2. The second-order valence-corrected chi connectivity index (χ2v) is 8.73. The van der Waals surface area contributed by atoms with Crippen molar-refractivity contribution in [1.29, 1.82) is 0 Å². The summed E-state index contributed by atoms with van der Waals surface area (Å²) in [7, 11) is 1.65. The zero-order valence-corrected chi connectivity index (χ0v) is 19.1. The number of benzene rings is 2. The Hall–Kier alpha value is -3.64. The first kappa shape index (κ1) is 21.6. The van der Waals surface area contributed by atoms with Gasteiger partial charge in [0.1, 0.15) is 16.6 Å². The summed E-state index contributed by atoms with van der Waals surface area (Å²) < 4.78 is 5.33. The van der Waals surface area contributed by atoms with Crippen LogP contribution in [0.4, 0.5) is 10.8 Å². The van der Waals surface area contributed by atoms with Crippen LogP contribution in [-0.2, 0) is 0 Å². The molecule has 2 aromatic carbocycles. The van der Waals surface area contributed by atoms with Gasteiger partial charge in [-0.25, -0.2) is 4.98 Å². The van der Waals surface area contributed by atoms with Gasteiger partial charge in [0.05, 0.1) is 13.2 Å². The van der Waals surface area contributed by atoms with E-state index in [2.05, 4.69) is 21.7 Å². The molecule has 5 nitrogen and oxygen atoms in total. The van der Waals surface area contributed by atoms with Crippen LogP contribution < -0.4 is 15.4 Å². The molecule has 162 valence electrons. The number of nitrogens with zero attached hydrogens (tertiary/aromatic N) is 1. The van der Waals surface area contributed by atoms with Crippen molar-refractivity contribution in [2.24, 2.45) is 0 Å². The van der Waals surface area contributed by atoms with Gasteiger partial charge in [0.2, 0.25) is 0 Å². The number of hydrogen-bond acceptors (Lipinski definition) is 5. The maximum Gasteiger partial charge on any atom is 0.256 e. The lowest BCUT2D eigenvalue weighted by Gasteiger charge is -2.21. The molecule has 0 saturated heterocycles. The molecule has 2 N–H and O–H groups in total. The van der Waals surface area contributed by atoms with Gasteiger partial charge in [-0.2, -0.15) is 0 Å². The smallest absolute Gasteiger partial charge is 0.256 e. The van der Waals surface area contributed by atoms with Crippen molar-refractivity contribution in [3.05, 3.63) is 106 Å². The van der Waals surface area contributed by atoms with E-state index in [9.17, 15) is 4.79 Å². The van der Waals surface area contributed by atoms with E-state index in [1.807, 2.05) is 86.6 Å². The first-order chi connectivity index (χ1) is 15.5. The van der Waals surface area contributed by atoms with Crippen molar-refractivity contribution in [3.8, 4) is 5.75 Å². The number of carbonyl (C=O) groups is 1. The summed E-state index contributed by atoms with van der Waals surface area (Å²) in [6, 6.07) is 25.0. The Balaban J connectivity index is 1.72. The van der Waals surface area contributed by atoms with Gasteiger partial charge in [-0.15, -0.1) is 11.3 Å². The number of anilines is 2. The summed E-state index contributed by atoms with van der Waals surface area (Å²) in [6.45, 7) is 4.01. The molecule has 0 radical (unpaired) electrons. The van der Waals surface area contributed by atoms with Crippen LogP contribution in [0, 0.1) is 13.8 Å². The van der Waals surface area contributed by atoms with Crippen molar-refractivity contribution in [1.82, 2.24) is 4.98 Å². The summed E-state index contributed by atoms with van der Waals surface area (Å²) in [6.07, 6.45) is 0. The molecule has 2 heterocycles. The second kappa shape index (κ2) is 9.66. The largest absolute Gasteiger partial charge is 0.497 e. The number of aryl methyl sites for hydroxylation is 2. The molecule has 32 heavy (non-hydrogen) atoms. The zero-order valence-electron chi connectivity index (χ0n) is 18.3. The highest BCUT2D eigenvalue weighted by Crippen LogP contribution is 2.38. The molecule has 0 saturated carbocycles. The minimum atomic E-state index is -0.203. The molecule has 4 rings (SSSR count). The van der Waals surface area contributed by atoms with Crippen molar-refractivity contribution in [3.63, 3.8) is 0 Å². The summed E-state index contributed by atoms with van der Waals surface area (Å²) in [5.41, 5.74) is 3.59. The van der Waals surface area contributed by atoms with E-state index in [-0.39, 0.29) is 11.9 Å². The van der Waals surface area contributed by atoms with Crippen molar-refractivity contribution >= 4 is 28.1 Å². The lowest BCUT2D eigenvalue weighted by atomic mass is 9.99. The zero-order chi connectivity index (χ0) is 22.5. The normalized spacial score (nSPS) is 11.6. The molecule has 0 fully saturated rings. The number of nitrogens with one attached hydrogen (secondary N) is 2. The molecular formula is C26H25N3O2S. The van der Waals surface area contributed by atoms with Gasteiger partial charge in [0.15, 0.2) is 0 Å². The van der Waals surface area contributed by atoms with E-state index in [1.54, 1.807) is 18.4 Å². The standard InChI is InChI=1S/C26H25N3O2S/c1-17-8-7-11-23(27-17)28-24(19-12-14-21(31-3)15-13-19)22-16-18(2)32-26(22)29-25(30)20-9-5-4-6-10-20/h4-16,24H,1-3H3,(H,27,28)(H,29,30)/t24-/m1/s1. The Labute approximate surface area is 192 Å². The van der Waals surface area contributed by atoms with Crippen LogP contribution in [0.25, 0.3) is 0 Å². The number of thiophene rings is 1. The van der Waals surface area contributed by atoms with Crippen LogP contribution in [0.15, 0.2) is 78.9 Å². The highest BCUT2D eigenvalue weighted by molar-refractivity contribution is 7.16. The van der Waals surface area contributed by atoms with Crippen LogP contribution in [-0.4, -0.2) is 18.0 Å². The van der Waals surface area contributed by atoms with Crippen molar-refractivity contribution in [2.45, 2.75) is 19.9 Å². The van der Waals surface area contributed by atoms with Crippen LogP contribution in [0.3, 0.4) is 0 Å². The highest BCUT2D eigenvalue weighted by atomic mass is 32.1. The van der Waals surface area contributed by atoms with E-state index in [1.165, 1.54) is 0 Å². The fourth-order valence-electron chi connectivity index (χ4n) is 3.52. The van der Waals surface area contributed by atoms with Crippen LogP contribution in [0.1, 0.15) is 38.1 Å². The van der Waals surface area contributed by atoms with Crippen LogP contribution in [0.5, 0.6) is 5.75 Å². The number of hydrogen-bond donors (Lipinski definition) is 2. The predicted molar refractivity (Wildman–Crippen MR) is 131 cm³/mol. The third kappa shape index (κ3) is 4.98. The second-order valence-electron chi connectivity index (χ2n) is 7.48. The number of carbonyl (C=O) groups excluding carboxylic acids is 1. The van der Waals surface area contributed by atoms with Gasteiger partial charge in [-0.3, -0.25) is 4.79 Å². The van der Waals surface area contributed by atoms with Gasteiger partial charge in [0, 0.05) is 21.7 Å². The quantitative estimate of drug-likeness (QED) is 0.356. The number of methoxy groups -OCH3 is 1. The third-order valence-electron chi connectivity index (χ3n) is 5.09. The predicted octanol–water partition coefficient (Wildman–Crippen LogP) is 6.22. The number of rotatable bonds is 7. The average molecular weight is 444 g/mol. The van der Waals surface area contributed by atoms with Gasteiger partial charge in [-0.1, -0.05) is 36.4 Å². The van der Waals surface area contributed by atoms with E-state index >= 15 is 0 Å². The Morgan fingerprint density at radius 3 is 2.41 bits per heavy atom. The third-order valence-corrected chi connectivity index (χ3v) is 6.07. The Kier molecular flexibility index (Phi) is 6.52. The minimum absolute atomic E-state index is 0.129. The summed E-state index contributed by atoms with van der Waals surface area (Å²) in [5.74, 6) is 1.44. The summed E-state index contributed by atoms with van der Waals surface area (Å²) in [4.78, 5) is 18.6. The van der Waals surface area contributed by atoms with E-state index in [4.69, 9.17) is 4.74 Å². The monoisotopic (exact) mass is 443 g/mol. The van der Waals surface area contributed by atoms with Crippen LogP contribution >= 0.6 is 11.3 Å². The molecule has 6 heteroatoms. The molecule has 0 spiro atoms. The fraction of sp³-hybridized carbons (Fsp3) is 0.154. The summed E-state index contributed by atoms with van der Waals surface area (Å²) in [5, 5.41) is 7.49. The average Bonchev–Trinajstić information content (AvgIpc) is 3.17. The minimum Gasteiger partial charge on any atom is -0.497 e.